The van der Waals surface area contributed by atoms with Gasteiger partial charge in [0.05, 0.1) is 11.3 Å². The summed E-state index contributed by atoms with van der Waals surface area (Å²) in [7, 11) is 1.26. The van der Waals surface area contributed by atoms with Gasteiger partial charge < -0.3 is 15.8 Å². The highest BCUT2D eigenvalue weighted by Crippen LogP contribution is 2.33. The van der Waals surface area contributed by atoms with Crippen LogP contribution in [0.15, 0.2) is 35.6 Å². The molecule has 0 aliphatic rings. The Hall–Kier alpha value is -3.17. The number of carbonyl (C=O) groups is 1. The molecule has 3 N–H and O–H groups in total. The molecular formula is C19H20F4N4O2. The van der Waals surface area contributed by atoms with Gasteiger partial charge in [-0.15, -0.1) is 0 Å². The van der Waals surface area contributed by atoms with Crippen LogP contribution in [0.4, 0.5) is 23.2 Å². The van der Waals surface area contributed by atoms with Crippen LogP contribution in [0.5, 0.6) is 0 Å². The van der Waals surface area contributed by atoms with Crippen LogP contribution in [0, 0.1) is 17.1 Å². The highest BCUT2D eigenvalue weighted by Gasteiger charge is 2.35. The van der Waals surface area contributed by atoms with Crippen molar-refractivity contribution in [2.75, 3.05) is 5.32 Å². The number of aliphatic hydroxyl groups excluding tert-OH is 1. The molecule has 156 valence electrons. The van der Waals surface area contributed by atoms with Crippen LogP contribution in [0.2, 0.25) is 0 Å². The number of anilines is 1. The zero-order valence-corrected chi connectivity index (χ0v) is 16.1. The number of aromatic nitrogens is 2. The number of nitrogens with zero attached hydrogens (tertiary/aromatic N) is 2. The summed E-state index contributed by atoms with van der Waals surface area (Å²) in [5.74, 6) is -2.34. The van der Waals surface area contributed by atoms with Crippen molar-refractivity contribution in [2.45, 2.75) is 26.9 Å². The zero-order chi connectivity index (χ0) is 22.1. The van der Waals surface area contributed by atoms with Gasteiger partial charge in [0.25, 0.3) is 5.91 Å². The number of rotatable bonds is 5. The molecule has 0 bridgehead atoms. The second kappa shape index (κ2) is 8.06. The minimum absolute atomic E-state index is 0.0183. The summed E-state index contributed by atoms with van der Waals surface area (Å²) in [6, 6.07) is 4.19. The van der Waals surface area contributed by atoms with E-state index in [2.05, 4.69) is 10.4 Å². The highest BCUT2D eigenvalue weighted by molar-refractivity contribution is 6.24. The summed E-state index contributed by atoms with van der Waals surface area (Å²) in [6.07, 6.45) is -4.66. The van der Waals surface area contributed by atoms with Gasteiger partial charge in [0.2, 0.25) is 0 Å². The van der Waals surface area contributed by atoms with Crippen molar-refractivity contribution in [3.8, 4) is 11.3 Å². The molecule has 1 aromatic carbocycles. The molecule has 2 rings (SSSR count). The van der Waals surface area contributed by atoms with Gasteiger partial charge >= 0.3 is 6.18 Å². The third-order valence-electron chi connectivity index (χ3n) is 4.08. The van der Waals surface area contributed by atoms with Gasteiger partial charge in [-0.3, -0.25) is 9.48 Å². The Morgan fingerprint density at radius 2 is 1.90 bits per heavy atom. The molecule has 1 aromatic heterocycles. The van der Waals surface area contributed by atoms with Crippen LogP contribution < -0.4 is 5.32 Å². The standard InChI is InChI=1S/C19H20F4N4O2/c1-9(2)17(28)16(10(3)24)18(29)25-11-5-6-12(13(20)7-11)14-8-15(19(21,22)23)26-27(14)4/h5-9,24,28H,1-4H3,(H,25,29)/b17-16+,24-10?. The van der Waals surface area contributed by atoms with Crippen molar-refractivity contribution in [3.63, 3.8) is 0 Å². The third-order valence-corrected chi connectivity index (χ3v) is 4.08. The van der Waals surface area contributed by atoms with Gasteiger partial charge in [-0.2, -0.15) is 18.3 Å². The second-order valence-electron chi connectivity index (χ2n) is 6.72. The molecule has 0 atom stereocenters. The Morgan fingerprint density at radius 1 is 1.28 bits per heavy atom. The maximum atomic E-state index is 14.5. The molecule has 1 heterocycles. The van der Waals surface area contributed by atoms with Crippen molar-refractivity contribution in [1.29, 1.82) is 5.41 Å². The maximum absolute atomic E-state index is 14.5. The Bertz CT molecular complexity index is 991. The topological polar surface area (TPSA) is 91.0 Å². The monoisotopic (exact) mass is 412 g/mol. The zero-order valence-electron chi connectivity index (χ0n) is 16.1. The van der Waals surface area contributed by atoms with Gasteiger partial charge in [0.15, 0.2) is 5.69 Å². The average molecular weight is 412 g/mol. The molecule has 0 fully saturated rings. The lowest BCUT2D eigenvalue weighted by Gasteiger charge is -2.13. The molecule has 10 heteroatoms. The predicted molar refractivity (Wildman–Crippen MR) is 100 cm³/mol. The fourth-order valence-electron chi connectivity index (χ4n) is 2.62. The number of aliphatic hydroxyl groups is 1. The molecule has 2 aromatic rings. The van der Waals surface area contributed by atoms with E-state index in [1.807, 2.05) is 0 Å². The van der Waals surface area contributed by atoms with Gasteiger partial charge in [-0.1, -0.05) is 13.8 Å². The molecular weight excluding hydrogens is 392 g/mol. The predicted octanol–water partition coefficient (Wildman–Crippen LogP) is 4.69. The number of benzene rings is 1. The molecule has 6 nitrogen and oxygen atoms in total. The summed E-state index contributed by atoms with van der Waals surface area (Å²) in [5.41, 5.74) is -1.73. The SMILES string of the molecule is CC(=N)/C(C(=O)Nc1ccc(-c2cc(C(F)(F)F)nn2C)c(F)c1)=C(\O)C(C)C. The summed E-state index contributed by atoms with van der Waals surface area (Å²) in [6.45, 7) is 4.62. The first-order chi connectivity index (χ1) is 13.3. The summed E-state index contributed by atoms with van der Waals surface area (Å²) >= 11 is 0. The maximum Gasteiger partial charge on any atom is 0.435 e. The fourth-order valence-corrected chi connectivity index (χ4v) is 2.62. The number of alkyl halides is 3. The molecule has 0 radical (unpaired) electrons. The Balaban J connectivity index is 2.36. The van der Waals surface area contributed by atoms with Gasteiger partial charge in [-0.05, 0) is 31.2 Å². The smallest absolute Gasteiger partial charge is 0.435 e. The molecule has 29 heavy (non-hydrogen) atoms. The average Bonchev–Trinajstić information content (AvgIpc) is 2.96. The van der Waals surface area contributed by atoms with E-state index >= 15 is 0 Å². The number of nitrogens with one attached hydrogen (secondary N) is 2. The second-order valence-corrected chi connectivity index (χ2v) is 6.72. The molecule has 0 aliphatic carbocycles. The van der Waals surface area contributed by atoms with Crippen LogP contribution in [0.3, 0.4) is 0 Å². The largest absolute Gasteiger partial charge is 0.511 e. The van der Waals surface area contributed by atoms with Crippen molar-refractivity contribution >= 4 is 17.3 Å². The third kappa shape index (κ3) is 4.82. The fraction of sp³-hybridized carbons (Fsp3) is 0.316. The molecule has 0 saturated heterocycles. The van der Waals surface area contributed by atoms with E-state index in [0.29, 0.717) is 0 Å². The lowest BCUT2D eigenvalue weighted by atomic mass is 10.0. The number of amides is 1. The Labute approximate surface area is 164 Å². The normalized spacial score (nSPS) is 12.7. The number of hydrogen-bond acceptors (Lipinski definition) is 4. The van der Waals surface area contributed by atoms with Crippen molar-refractivity contribution < 1.29 is 27.5 Å². The number of hydrogen-bond donors (Lipinski definition) is 3. The van der Waals surface area contributed by atoms with Crippen molar-refractivity contribution in [1.82, 2.24) is 9.78 Å². The molecule has 1 amide bonds. The van der Waals surface area contributed by atoms with Gasteiger partial charge in [0.1, 0.15) is 11.6 Å². The molecule has 0 unspecified atom stereocenters. The first kappa shape index (κ1) is 22.1. The van der Waals surface area contributed by atoms with E-state index in [0.717, 1.165) is 16.8 Å². The van der Waals surface area contributed by atoms with Crippen LogP contribution in [0.25, 0.3) is 11.3 Å². The van der Waals surface area contributed by atoms with E-state index in [1.165, 1.54) is 26.1 Å². The number of aryl methyl sites for hydroxylation is 1. The highest BCUT2D eigenvalue weighted by atomic mass is 19.4. The number of carbonyl (C=O) groups excluding carboxylic acids is 1. The lowest BCUT2D eigenvalue weighted by molar-refractivity contribution is -0.141. The lowest BCUT2D eigenvalue weighted by Crippen LogP contribution is -2.22. The van der Waals surface area contributed by atoms with Gasteiger partial charge in [0, 0.05) is 29.9 Å². The minimum atomic E-state index is -4.66. The summed E-state index contributed by atoms with van der Waals surface area (Å²) in [5, 5.41) is 23.5. The Morgan fingerprint density at radius 3 is 2.34 bits per heavy atom. The number of halogens is 4. The minimum Gasteiger partial charge on any atom is -0.511 e. The van der Waals surface area contributed by atoms with E-state index < -0.39 is 29.5 Å². The first-order valence-corrected chi connectivity index (χ1v) is 8.54. The van der Waals surface area contributed by atoms with Gasteiger partial charge in [-0.25, -0.2) is 4.39 Å². The quantitative estimate of drug-likeness (QED) is 0.288. The van der Waals surface area contributed by atoms with E-state index in [9.17, 15) is 27.5 Å². The van der Waals surface area contributed by atoms with Crippen LogP contribution in [-0.2, 0) is 18.0 Å². The molecule has 0 saturated carbocycles. The summed E-state index contributed by atoms with van der Waals surface area (Å²) < 4.78 is 53.9. The Kier molecular flexibility index (Phi) is 6.15. The number of allylic oxidation sites excluding steroid dienone is 1. The van der Waals surface area contributed by atoms with Crippen LogP contribution in [-0.4, -0.2) is 26.5 Å². The van der Waals surface area contributed by atoms with E-state index in [1.54, 1.807) is 13.8 Å². The molecule has 0 spiro atoms. The van der Waals surface area contributed by atoms with E-state index in [-0.39, 0.29) is 34.0 Å². The molecule has 0 aliphatic heterocycles. The van der Waals surface area contributed by atoms with Crippen LogP contribution >= 0.6 is 0 Å². The van der Waals surface area contributed by atoms with Crippen LogP contribution in [0.1, 0.15) is 26.5 Å². The van der Waals surface area contributed by atoms with Crippen molar-refractivity contribution in [2.24, 2.45) is 13.0 Å². The summed E-state index contributed by atoms with van der Waals surface area (Å²) in [4.78, 5) is 12.4. The van der Waals surface area contributed by atoms with Crippen molar-refractivity contribution in [3.05, 3.63) is 47.1 Å². The first-order valence-electron chi connectivity index (χ1n) is 8.54. The van der Waals surface area contributed by atoms with E-state index in [4.69, 9.17) is 5.41 Å².